The molecule has 2 aliphatic rings. The van der Waals surface area contributed by atoms with Crippen LogP contribution in [0.2, 0.25) is 0 Å². The van der Waals surface area contributed by atoms with Gasteiger partial charge in [-0.3, -0.25) is 14.5 Å². The summed E-state index contributed by atoms with van der Waals surface area (Å²) in [5, 5.41) is 20.9. The first-order valence-corrected chi connectivity index (χ1v) is 13.2. The number of hydrogen-bond acceptors (Lipinski definition) is 6. The lowest BCUT2D eigenvalue weighted by Crippen LogP contribution is -2.45. The molecule has 7 nitrogen and oxygen atoms in total. The predicted octanol–water partition coefficient (Wildman–Crippen LogP) is 3.37. The summed E-state index contributed by atoms with van der Waals surface area (Å²) in [6, 6.07) is 10.3. The van der Waals surface area contributed by atoms with E-state index in [1.165, 1.54) is 5.56 Å². The summed E-state index contributed by atoms with van der Waals surface area (Å²) in [6.45, 7) is 9.39. The number of piperidine rings is 1. The van der Waals surface area contributed by atoms with Gasteiger partial charge in [0.25, 0.3) is 0 Å². The van der Waals surface area contributed by atoms with E-state index in [-0.39, 0.29) is 30.3 Å². The van der Waals surface area contributed by atoms with Gasteiger partial charge >= 0.3 is 5.97 Å². The van der Waals surface area contributed by atoms with Crippen LogP contribution in [0.5, 0.6) is 0 Å². The Morgan fingerprint density at radius 3 is 2.34 bits per heavy atom. The minimum absolute atomic E-state index is 0.0744. The summed E-state index contributed by atoms with van der Waals surface area (Å²) in [4.78, 5) is 30.4. The van der Waals surface area contributed by atoms with Crippen LogP contribution in [0, 0.1) is 10.8 Å². The van der Waals surface area contributed by atoms with Crippen LogP contribution in [-0.2, 0) is 20.9 Å². The Bertz CT molecular complexity index is 814. The van der Waals surface area contributed by atoms with E-state index in [1.54, 1.807) is 0 Å². The molecule has 196 valence electrons. The number of ether oxygens (including phenoxy) is 1. The molecule has 2 fully saturated rings. The molecular formula is C28H44N2O5. The molecule has 2 atom stereocenters. The molecule has 3 rings (SSSR count). The molecule has 7 heteroatoms. The Kier molecular flexibility index (Phi) is 9.73. The molecule has 1 aromatic rings. The standard InChI is InChI=1S/C28H44N2O5/c1-27(2,3)19-25(33)30-15-8-7-12-28(26(34)35-21-24(32)23(31)11-16-30)13-17-29(18-14-28)20-22-9-5-4-6-10-22/h4-6,9-10,23-24,31-32H,7-8,11-21H2,1-3H3/t23-,24+/m0/s1. The van der Waals surface area contributed by atoms with Crippen molar-refractivity contribution >= 4 is 11.9 Å². The van der Waals surface area contributed by atoms with Crippen molar-refractivity contribution < 1.29 is 24.5 Å². The van der Waals surface area contributed by atoms with Gasteiger partial charge in [0.05, 0.1) is 11.5 Å². The van der Waals surface area contributed by atoms with Crippen LogP contribution in [0.25, 0.3) is 0 Å². The first-order chi connectivity index (χ1) is 16.6. The van der Waals surface area contributed by atoms with Crippen molar-refractivity contribution in [3.63, 3.8) is 0 Å². The number of likely N-dealkylation sites (tertiary alicyclic amines) is 1. The molecule has 1 spiro atoms. The van der Waals surface area contributed by atoms with Crippen LogP contribution >= 0.6 is 0 Å². The molecule has 0 bridgehead atoms. The van der Waals surface area contributed by atoms with Crippen LogP contribution < -0.4 is 0 Å². The number of rotatable bonds is 3. The number of carbonyl (C=O) groups excluding carboxylic acids is 2. The number of aliphatic hydroxyl groups excluding tert-OH is 2. The van der Waals surface area contributed by atoms with E-state index >= 15 is 0 Å². The van der Waals surface area contributed by atoms with Crippen LogP contribution in [0.3, 0.4) is 0 Å². The molecule has 0 aromatic heterocycles. The average molecular weight is 489 g/mol. The lowest BCUT2D eigenvalue weighted by molar-refractivity contribution is -0.165. The molecule has 0 radical (unpaired) electrons. The van der Waals surface area contributed by atoms with E-state index in [2.05, 4.69) is 17.0 Å². The van der Waals surface area contributed by atoms with Crippen molar-refractivity contribution in [2.45, 2.75) is 84.5 Å². The molecule has 0 aliphatic carbocycles. The lowest BCUT2D eigenvalue weighted by Gasteiger charge is -2.40. The normalized spacial score (nSPS) is 25.3. The minimum atomic E-state index is -1.16. The predicted molar refractivity (Wildman–Crippen MR) is 135 cm³/mol. The molecule has 0 unspecified atom stereocenters. The molecule has 2 aliphatic heterocycles. The van der Waals surface area contributed by atoms with Crippen molar-refractivity contribution in [3.8, 4) is 0 Å². The first-order valence-electron chi connectivity index (χ1n) is 13.2. The number of amides is 1. The zero-order valence-corrected chi connectivity index (χ0v) is 21.7. The van der Waals surface area contributed by atoms with Crippen molar-refractivity contribution in [1.82, 2.24) is 9.80 Å². The maximum absolute atomic E-state index is 13.2. The largest absolute Gasteiger partial charge is 0.462 e. The van der Waals surface area contributed by atoms with Gasteiger partial charge in [0.15, 0.2) is 0 Å². The number of nitrogens with zero attached hydrogens (tertiary/aromatic N) is 2. The second-order valence-corrected chi connectivity index (χ2v) is 11.6. The third-order valence-corrected chi connectivity index (χ3v) is 7.39. The maximum Gasteiger partial charge on any atom is 0.312 e. The second-order valence-electron chi connectivity index (χ2n) is 11.6. The second kappa shape index (κ2) is 12.3. The van der Waals surface area contributed by atoms with Gasteiger partial charge in [-0.2, -0.15) is 0 Å². The molecule has 2 N–H and O–H groups in total. The van der Waals surface area contributed by atoms with Crippen molar-refractivity contribution in [2.24, 2.45) is 10.8 Å². The molecule has 1 aromatic carbocycles. The van der Waals surface area contributed by atoms with Gasteiger partial charge in [0.2, 0.25) is 5.91 Å². The highest BCUT2D eigenvalue weighted by molar-refractivity contribution is 5.77. The Morgan fingerprint density at radius 1 is 1.00 bits per heavy atom. The van der Waals surface area contributed by atoms with Gasteiger partial charge in [-0.05, 0) is 56.2 Å². The highest BCUT2D eigenvalue weighted by Crippen LogP contribution is 2.39. The summed E-state index contributed by atoms with van der Waals surface area (Å²) >= 11 is 0. The fourth-order valence-corrected chi connectivity index (χ4v) is 5.14. The third kappa shape index (κ3) is 8.29. The monoisotopic (exact) mass is 488 g/mol. The SMILES string of the molecule is CC(C)(C)CC(=O)N1CCCCC2(CCN(Cc3ccccc3)CC2)C(=O)OC[C@@H](O)[C@@H](O)CC1. The Labute approximate surface area is 210 Å². The van der Waals surface area contributed by atoms with Gasteiger partial charge in [-0.1, -0.05) is 57.5 Å². The number of aliphatic hydroxyl groups is 2. The van der Waals surface area contributed by atoms with E-state index in [0.717, 1.165) is 32.5 Å². The fourth-order valence-electron chi connectivity index (χ4n) is 5.14. The van der Waals surface area contributed by atoms with Crippen molar-refractivity contribution in [3.05, 3.63) is 35.9 Å². The van der Waals surface area contributed by atoms with Gasteiger partial charge < -0.3 is 19.8 Å². The molecule has 1 amide bonds. The molecule has 2 saturated heterocycles. The topological polar surface area (TPSA) is 90.3 Å². The zero-order valence-electron chi connectivity index (χ0n) is 21.7. The summed E-state index contributed by atoms with van der Waals surface area (Å²) in [5.74, 6) is -0.187. The number of esters is 1. The lowest BCUT2D eigenvalue weighted by atomic mass is 9.74. The summed E-state index contributed by atoms with van der Waals surface area (Å²) < 4.78 is 5.58. The van der Waals surface area contributed by atoms with E-state index in [1.807, 2.05) is 43.9 Å². The highest BCUT2D eigenvalue weighted by Gasteiger charge is 2.42. The van der Waals surface area contributed by atoms with E-state index < -0.39 is 17.6 Å². The fraction of sp³-hybridized carbons (Fsp3) is 0.714. The first kappa shape index (κ1) is 27.6. The summed E-state index contributed by atoms with van der Waals surface area (Å²) in [7, 11) is 0. The summed E-state index contributed by atoms with van der Waals surface area (Å²) in [6.07, 6.45) is 2.27. The number of benzene rings is 1. The number of carbonyl (C=O) groups is 2. The van der Waals surface area contributed by atoms with E-state index in [9.17, 15) is 19.8 Å². The smallest absolute Gasteiger partial charge is 0.312 e. The molecule has 0 saturated carbocycles. The summed E-state index contributed by atoms with van der Waals surface area (Å²) in [5.41, 5.74) is 0.568. The van der Waals surface area contributed by atoms with Crippen LogP contribution in [0.15, 0.2) is 30.3 Å². The van der Waals surface area contributed by atoms with E-state index in [0.29, 0.717) is 38.8 Å². The minimum Gasteiger partial charge on any atom is -0.462 e. The Hall–Kier alpha value is -1.96. The highest BCUT2D eigenvalue weighted by atomic mass is 16.5. The van der Waals surface area contributed by atoms with E-state index in [4.69, 9.17) is 4.74 Å². The average Bonchev–Trinajstić information content (AvgIpc) is 2.82. The van der Waals surface area contributed by atoms with Crippen molar-refractivity contribution in [2.75, 3.05) is 32.8 Å². The zero-order chi connectivity index (χ0) is 25.5. The molecule has 2 heterocycles. The van der Waals surface area contributed by atoms with Crippen LogP contribution in [0.1, 0.15) is 71.3 Å². The Balaban J connectivity index is 1.66. The maximum atomic E-state index is 13.2. The number of cyclic esters (lactones) is 1. The van der Waals surface area contributed by atoms with Crippen LogP contribution in [0.4, 0.5) is 0 Å². The number of hydrogen-bond donors (Lipinski definition) is 2. The van der Waals surface area contributed by atoms with Crippen LogP contribution in [-0.4, -0.2) is 76.9 Å². The Morgan fingerprint density at radius 2 is 1.69 bits per heavy atom. The van der Waals surface area contributed by atoms with Gasteiger partial charge in [0, 0.05) is 26.1 Å². The van der Waals surface area contributed by atoms with Gasteiger partial charge in [0.1, 0.15) is 12.7 Å². The molecular weight excluding hydrogens is 444 g/mol. The third-order valence-electron chi connectivity index (χ3n) is 7.39. The molecule has 35 heavy (non-hydrogen) atoms. The van der Waals surface area contributed by atoms with Gasteiger partial charge in [-0.25, -0.2) is 0 Å². The van der Waals surface area contributed by atoms with Gasteiger partial charge in [-0.15, -0.1) is 0 Å². The quantitative estimate of drug-likeness (QED) is 0.634. The van der Waals surface area contributed by atoms with Crippen molar-refractivity contribution in [1.29, 1.82) is 0 Å².